The molecule has 1 heterocycles. The van der Waals surface area contributed by atoms with Crippen molar-refractivity contribution in [3.8, 4) is 0 Å². The van der Waals surface area contributed by atoms with Crippen LogP contribution in [0.4, 0.5) is 13.2 Å². The monoisotopic (exact) mass is 442 g/mol. The molecule has 4 rings (SSSR count). The van der Waals surface area contributed by atoms with E-state index in [9.17, 15) is 18.0 Å². The minimum Gasteiger partial charge on any atom is -0.361 e. The first-order valence-corrected chi connectivity index (χ1v) is 9.98. The number of aromatic amines is 1. The highest BCUT2D eigenvalue weighted by atomic mass is 35.5. The van der Waals surface area contributed by atoms with Crippen LogP contribution in [0, 0.1) is 0 Å². The van der Waals surface area contributed by atoms with Crippen LogP contribution in [0.25, 0.3) is 10.9 Å². The quantitative estimate of drug-likeness (QED) is 0.369. The molecule has 0 aliphatic heterocycles. The van der Waals surface area contributed by atoms with Crippen LogP contribution in [-0.4, -0.2) is 17.4 Å². The molecule has 4 aromatic rings. The Morgan fingerprint density at radius 2 is 1.71 bits per heavy atom. The van der Waals surface area contributed by atoms with Gasteiger partial charge in [0.05, 0.1) is 5.56 Å². The van der Waals surface area contributed by atoms with Crippen LogP contribution in [0.2, 0.25) is 5.02 Å². The highest BCUT2D eigenvalue weighted by Crippen LogP contribution is 2.34. The Morgan fingerprint density at radius 3 is 2.48 bits per heavy atom. The molecule has 3 nitrogen and oxygen atoms in total. The van der Waals surface area contributed by atoms with E-state index in [0.717, 1.165) is 34.2 Å². The van der Waals surface area contributed by atoms with E-state index < -0.39 is 17.6 Å². The molecule has 0 radical (unpaired) electrons. The highest BCUT2D eigenvalue weighted by molar-refractivity contribution is 6.31. The predicted octanol–water partition coefficient (Wildman–Crippen LogP) is 6.40. The Bertz CT molecular complexity index is 1230. The molecule has 0 saturated carbocycles. The van der Waals surface area contributed by atoms with Crippen molar-refractivity contribution in [2.45, 2.75) is 12.1 Å². The molecule has 2 N–H and O–H groups in total. The molecule has 1 aromatic heterocycles. The van der Waals surface area contributed by atoms with E-state index >= 15 is 0 Å². The number of hydrogen-bond donors (Lipinski definition) is 2. The maximum absolute atomic E-state index is 13.0. The molecule has 0 bridgehead atoms. The fourth-order valence-electron chi connectivity index (χ4n) is 3.66. The van der Waals surface area contributed by atoms with Gasteiger partial charge in [0.2, 0.25) is 0 Å². The minimum atomic E-state index is -4.51. The van der Waals surface area contributed by atoms with Crippen molar-refractivity contribution in [3.05, 3.63) is 106 Å². The summed E-state index contributed by atoms with van der Waals surface area (Å²) in [6, 6.07) is 19.5. The van der Waals surface area contributed by atoms with Crippen LogP contribution in [0.3, 0.4) is 0 Å². The third-order valence-electron chi connectivity index (χ3n) is 5.20. The molecular formula is C24H18ClF3N2O. The molecule has 0 aliphatic carbocycles. The van der Waals surface area contributed by atoms with Gasteiger partial charge in [-0.2, -0.15) is 13.2 Å². The number of fused-ring (bicyclic) bond motifs is 1. The maximum atomic E-state index is 13.0. The van der Waals surface area contributed by atoms with Crippen LogP contribution in [0.1, 0.15) is 33.0 Å². The van der Waals surface area contributed by atoms with Gasteiger partial charge in [-0.1, -0.05) is 54.1 Å². The molecule has 158 valence electrons. The predicted molar refractivity (Wildman–Crippen MR) is 115 cm³/mol. The van der Waals surface area contributed by atoms with E-state index in [1.807, 2.05) is 48.7 Å². The van der Waals surface area contributed by atoms with E-state index in [1.165, 1.54) is 12.1 Å². The lowest BCUT2D eigenvalue weighted by Crippen LogP contribution is -2.29. The molecule has 0 spiro atoms. The fourth-order valence-corrected chi connectivity index (χ4v) is 3.93. The average Bonchev–Trinajstić information content (AvgIpc) is 3.18. The van der Waals surface area contributed by atoms with Gasteiger partial charge in [0.15, 0.2) is 0 Å². The normalized spacial score (nSPS) is 12.6. The smallest absolute Gasteiger partial charge is 0.361 e. The van der Waals surface area contributed by atoms with Gasteiger partial charge in [-0.15, -0.1) is 0 Å². The van der Waals surface area contributed by atoms with Crippen molar-refractivity contribution in [1.82, 2.24) is 10.3 Å². The second-order valence-corrected chi connectivity index (χ2v) is 7.56. The van der Waals surface area contributed by atoms with Crippen molar-refractivity contribution in [3.63, 3.8) is 0 Å². The van der Waals surface area contributed by atoms with Gasteiger partial charge in [0.1, 0.15) is 0 Å². The van der Waals surface area contributed by atoms with Crippen molar-refractivity contribution >= 4 is 28.4 Å². The summed E-state index contributed by atoms with van der Waals surface area (Å²) in [7, 11) is 0. The molecule has 31 heavy (non-hydrogen) atoms. The third-order valence-corrected chi connectivity index (χ3v) is 5.54. The number of alkyl halides is 3. The Labute approximate surface area is 181 Å². The van der Waals surface area contributed by atoms with Gasteiger partial charge in [-0.3, -0.25) is 4.79 Å². The van der Waals surface area contributed by atoms with Gasteiger partial charge in [-0.05, 0) is 41.5 Å². The molecule has 1 amide bonds. The number of amides is 1. The largest absolute Gasteiger partial charge is 0.416 e. The first-order chi connectivity index (χ1) is 14.8. The molecule has 0 unspecified atom stereocenters. The summed E-state index contributed by atoms with van der Waals surface area (Å²) in [5.74, 6) is -0.873. The van der Waals surface area contributed by atoms with Gasteiger partial charge >= 0.3 is 6.18 Å². The number of nitrogens with one attached hydrogen (secondary N) is 2. The summed E-state index contributed by atoms with van der Waals surface area (Å²) in [5, 5.41) is 4.31. The van der Waals surface area contributed by atoms with E-state index in [0.29, 0.717) is 5.02 Å². The minimum absolute atomic E-state index is 0.0494. The zero-order valence-corrected chi connectivity index (χ0v) is 17.0. The number of carbonyl (C=O) groups excluding carboxylic acids is 1. The Hall–Kier alpha value is -3.25. The second kappa shape index (κ2) is 8.47. The Morgan fingerprint density at radius 1 is 0.968 bits per heavy atom. The lowest BCUT2D eigenvalue weighted by molar-refractivity contribution is -0.137. The summed E-state index contributed by atoms with van der Waals surface area (Å²) in [4.78, 5) is 15.9. The van der Waals surface area contributed by atoms with Gasteiger partial charge < -0.3 is 10.3 Å². The van der Waals surface area contributed by atoms with E-state index in [-0.39, 0.29) is 18.0 Å². The van der Waals surface area contributed by atoms with Crippen molar-refractivity contribution in [2.75, 3.05) is 6.54 Å². The number of benzene rings is 3. The van der Waals surface area contributed by atoms with E-state index in [2.05, 4.69) is 10.3 Å². The van der Waals surface area contributed by atoms with Crippen LogP contribution >= 0.6 is 11.6 Å². The zero-order valence-electron chi connectivity index (χ0n) is 16.2. The Balaban J connectivity index is 1.65. The van der Waals surface area contributed by atoms with E-state index in [1.54, 1.807) is 6.07 Å². The van der Waals surface area contributed by atoms with Crippen LogP contribution in [0.5, 0.6) is 0 Å². The summed E-state index contributed by atoms with van der Waals surface area (Å²) < 4.78 is 39.0. The molecule has 7 heteroatoms. The lowest BCUT2D eigenvalue weighted by atomic mass is 9.90. The molecule has 0 fully saturated rings. The standard InChI is InChI=1S/C24H18ClF3N2O/c25-21-10-3-1-8-17(21)19(20-13-29-22-11-4-2-9-18(20)22)14-30-23(31)15-6-5-7-16(12-15)24(26,27)28/h1-13,19,29H,14H2,(H,30,31)/t19-/m0/s1. The molecule has 0 saturated heterocycles. The van der Waals surface area contributed by atoms with Crippen LogP contribution < -0.4 is 5.32 Å². The average molecular weight is 443 g/mol. The first kappa shape index (κ1) is 21.0. The van der Waals surface area contributed by atoms with Crippen molar-refractivity contribution < 1.29 is 18.0 Å². The van der Waals surface area contributed by atoms with Crippen LogP contribution in [-0.2, 0) is 6.18 Å². The number of aromatic nitrogens is 1. The second-order valence-electron chi connectivity index (χ2n) is 7.15. The van der Waals surface area contributed by atoms with Gasteiger partial charge in [0, 0.05) is 40.1 Å². The summed E-state index contributed by atoms with van der Waals surface area (Å²) in [5.41, 5.74) is 1.79. The number of rotatable bonds is 5. The SMILES string of the molecule is O=C(NC[C@@H](c1ccccc1Cl)c1c[nH]c2ccccc12)c1cccc(C(F)(F)F)c1. The summed E-state index contributed by atoms with van der Waals surface area (Å²) >= 11 is 6.44. The third kappa shape index (κ3) is 4.44. The van der Waals surface area contributed by atoms with Gasteiger partial charge in [-0.25, -0.2) is 0 Å². The first-order valence-electron chi connectivity index (χ1n) is 9.60. The van der Waals surface area contributed by atoms with Gasteiger partial charge in [0.25, 0.3) is 5.91 Å². The zero-order chi connectivity index (χ0) is 22.0. The molecule has 0 aliphatic rings. The number of para-hydroxylation sites is 1. The molecular weight excluding hydrogens is 425 g/mol. The van der Waals surface area contributed by atoms with Crippen LogP contribution in [0.15, 0.2) is 79.0 Å². The number of carbonyl (C=O) groups is 1. The number of H-pyrrole nitrogens is 1. The van der Waals surface area contributed by atoms with Crippen molar-refractivity contribution in [1.29, 1.82) is 0 Å². The molecule has 1 atom stereocenters. The topological polar surface area (TPSA) is 44.9 Å². The summed E-state index contributed by atoms with van der Waals surface area (Å²) in [6.45, 7) is 0.167. The van der Waals surface area contributed by atoms with Crippen molar-refractivity contribution in [2.24, 2.45) is 0 Å². The lowest BCUT2D eigenvalue weighted by Gasteiger charge is -2.19. The fraction of sp³-hybridized carbons (Fsp3) is 0.125. The number of halogens is 4. The maximum Gasteiger partial charge on any atom is 0.416 e. The number of hydrogen-bond acceptors (Lipinski definition) is 1. The highest BCUT2D eigenvalue weighted by Gasteiger charge is 2.31. The molecule has 3 aromatic carbocycles. The Kier molecular flexibility index (Phi) is 5.74. The van der Waals surface area contributed by atoms with E-state index in [4.69, 9.17) is 11.6 Å². The summed E-state index contributed by atoms with van der Waals surface area (Å²) in [6.07, 6.45) is -2.64.